The molecule has 1 heterocycles. The third-order valence-electron chi connectivity index (χ3n) is 1.50. The number of allylic oxidation sites excluding steroid dienone is 5. The van der Waals surface area contributed by atoms with Crippen LogP contribution in [0.25, 0.3) is 0 Å². The van der Waals surface area contributed by atoms with Gasteiger partial charge in [-0.1, -0.05) is 12.2 Å². The van der Waals surface area contributed by atoms with Crippen molar-refractivity contribution in [2.45, 2.75) is 6.92 Å². The van der Waals surface area contributed by atoms with Gasteiger partial charge in [0.05, 0.1) is 11.4 Å². The van der Waals surface area contributed by atoms with E-state index >= 15 is 0 Å². The maximum atomic E-state index is 4.19. The van der Waals surface area contributed by atoms with E-state index in [0.29, 0.717) is 0 Å². The zero-order valence-corrected chi connectivity index (χ0v) is 7.36. The molecular weight excluding hydrogens is 148 g/mol. The molecule has 0 aromatic rings. The van der Waals surface area contributed by atoms with Crippen molar-refractivity contribution in [2.24, 2.45) is 9.98 Å². The highest BCUT2D eigenvalue weighted by Gasteiger charge is 2.01. The van der Waals surface area contributed by atoms with Crippen LogP contribution in [-0.2, 0) is 0 Å². The van der Waals surface area contributed by atoms with Crippen LogP contribution < -0.4 is 0 Å². The van der Waals surface area contributed by atoms with Crippen LogP contribution in [-0.4, -0.2) is 19.0 Å². The molecule has 0 atom stereocenters. The number of nitrogens with zero attached hydrogens (tertiary/aromatic N) is 2. The monoisotopic (exact) mass is 160 g/mol. The molecular formula is C10H12N2. The number of rotatable bonds is 1. The van der Waals surface area contributed by atoms with E-state index in [-0.39, 0.29) is 0 Å². The lowest BCUT2D eigenvalue weighted by Gasteiger charge is -2.02. The van der Waals surface area contributed by atoms with Crippen molar-refractivity contribution in [1.82, 2.24) is 0 Å². The largest absolute Gasteiger partial charge is 0.286 e. The Kier molecular flexibility index (Phi) is 3.20. The van der Waals surface area contributed by atoms with Gasteiger partial charge in [0, 0.05) is 13.3 Å². The van der Waals surface area contributed by atoms with E-state index in [4.69, 9.17) is 0 Å². The number of hydrogen-bond acceptors (Lipinski definition) is 2. The Morgan fingerprint density at radius 1 is 1.50 bits per heavy atom. The van der Waals surface area contributed by atoms with E-state index in [9.17, 15) is 0 Å². The fraction of sp³-hybridized carbons (Fsp3) is 0.200. The topological polar surface area (TPSA) is 24.7 Å². The minimum Gasteiger partial charge on any atom is -0.286 e. The molecule has 2 heteroatoms. The molecule has 0 saturated carbocycles. The number of hydrogen-bond donors (Lipinski definition) is 0. The van der Waals surface area contributed by atoms with Gasteiger partial charge in [0.25, 0.3) is 0 Å². The molecule has 62 valence electrons. The molecule has 0 saturated heterocycles. The van der Waals surface area contributed by atoms with Crippen molar-refractivity contribution in [3.05, 3.63) is 36.1 Å². The van der Waals surface area contributed by atoms with E-state index in [0.717, 1.165) is 11.4 Å². The molecule has 0 unspecified atom stereocenters. The quantitative estimate of drug-likeness (QED) is 0.561. The summed E-state index contributed by atoms with van der Waals surface area (Å²) in [6.07, 6.45) is 11.5. The summed E-state index contributed by atoms with van der Waals surface area (Å²) in [6, 6.07) is 0. The summed E-state index contributed by atoms with van der Waals surface area (Å²) >= 11 is 0. The van der Waals surface area contributed by atoms with E-state index < -0.39 is 0 Å². The summed E-state index contributed by atoms with van der Waals surface area (Å²) in [7, 11) is 1.77. The summed E-state index contributed by atoms with van der Waals surface area (Å²) in [4.78, 5) is 8.28. The Labute approximate surface area is 72.7 Å². The highest BCUT2D eigenvalue weighted by atomic mass is 14.8. The minimum atomic E-state index is 0.915. The third-order valence-corrected chi connectivity index (χ3v) is 1.50. The molecule has 0 N–H and O–H groups in total. The van der Waals surface area contributed by atoms with E-state index in [1.165, 1.54) is 0 Å². The zero-order chi connectivity index (χ0) is 8.81. The average Bonchev–Trinajstić information content (AvgIpc) is 2.15. The Bertz CT molecular complexity index is 291. The van der Waals surface area contributed by atoms with Gasteiger partial charge in [0.1, 0.15) is 0 Å². The first-order valence-electron chi connectivity index (χ1n) is 3.89. The predicted octanol–water partition coefficient (Wildman–Crippen LogP) is 2.16. The molecule has 0 amide bonds. The molecule has 12 heavy (non-hydrogen) atoms. The van der Waals surface area contributed by atoms with E-state index in [1.807, 2.05) is 37.3 Å². The van der Waals surface area contributed by atoms with Gasteiger partial charge in [0.2, 0.25) is 0 Å². The van der Waals surface area contributed by atoms with Gasteiger partial charge in [0.15, 0.2) is 0 Å². The molecule has 0 aliphatic carbocycles. The van der Waals surface area contributed by atoms with E-state index in [2.05, 4.69) is 9.98 Å². The summed E-state index contributed by atoms with van der Waals surface area (Å²) in [6.45, 7) is 1.97. The minimum absolute atomic E-state index is 0.915. The Hall–Kier alpha value is -1.44. The summed E-state index contributed by atoms with van der Waals surface area (Å²) < 4.78 is 0. The second-order valence-electron chi connectivity index (χ2n) is 2.32. The average molecular weight is 160 g/mol. The van der Waals surface area contributed by atoms with Gasteiger partial charge in [-0.05, 0) is 25.2 Å². The van der Waals surface area contributed by atoms with Crippen molar-refractivity contribution < 1.29 is 0 Å². The van der Waals surface area contributed by atoms with Crippen molar-refractivity contribution >= 4 is 11.9 Å². The van der Waals surface area contributed by atoms with Gasteiger partial charge in [-0.15, -0.1) is 0 Å². The van der Waals surface area contributed by atoms with Crippen LogP contribution in [0, 0.1) is 0 Å². The molecule has 0 bridgehead atoms. The van der Waals surface area contributed by atoms with Crippen LogP contribution in [0.15, 0.2) is 46.1 Å². The number of aliphatic imine (C=N–C) groups is 2. The summed E-state index contributed by atoms with van der Waals surface area (Å²) in [5.41, 5.74) is 1.84. The standard InChI is InChI=1S/C10H12N2/c1-3-4-6-10-9(11-2)7-5-8-12-10/h3-8H,1-2H3/b4-3-,10-6+,11-9+. The van der Waals surface area contributed by atoms with Gasteiger partial charge in [-0.2, -0.15) is 0 Å². The van der Waals surface area contributed by atoms with Crippen molar-refractivity contribution in [3.8, 4) is 0 Å². The van der Waals surface area contributed by atoms with Crippen LogP contribution in [0.5, 0.6) is 0 Å². The van der Waals surface area contributed by atoms with Gasteiger partial charge < -0.3 is 0 Å². The SMILES string of the molecule is C\C=C/C=C1/N=CC=C/C1=N\C. The molecule has 0 fully saturated rings. The summed E-state index contributed by atoms with van der Waals surface area (Å²) in [5.74, 6) is 0. The molecule has 1 aliphatic heterocycles. The molecule has 2 nitrogen and oxygen atoms in total. The van der Waals surface area contributed by atoms with Crippen LogP contribution in [0.3, 0.4) is 0 Å². The fourth-order valence-corrected chi connectivity index (χ4v) is 0.914. The lowest BCUT2D eigenvalue weighted by molar-refractivity contribution is 1.38. The predicted molar refractivity (Wildman–Crippen MR) is 53.9 cm³/mol. The Morgan fingerprint density at radius 2 is 2.33 bits per heavy atom. The Morgan fingerprint density at radius 3 is 3.00 bits per heavy atom. The lowest BCUT2D eigenvalue weighted by Crippen LogP contribution is -2.00. The van der Waals surface area contributed by atoms with Gasteiger partial charge >= 0.3 is 0 Å². The summed E-state index contributed by atoms with van der Waals surface area (Å²) in [5, 5.41) is 0. The third kappa shape index (κ3) is 2.02. The molecule has 0 aromatic heterocycles. The molecule has 1 aliphatic rings. The first-order chi connectivity index (χ1) is 5.88. The maximum Gasteiger partial charge on any atom is 0.0881 e. The Balaban J connectivity index is 2.90. The van der Waals surface area contributed by atoms with Crippen molar-refractivity contribution in [1.29, 1.82) is 0 Å². The van der Waals surface area contributed by atoms with Gasteiger partial charge in [-0.3, -0.25) is 9.98 Å². The first-order valence-corrected chi connectivity index (χ1v) is 3.89. The van der Waals surface area contributed by atoms with Crippen LogP contribution in [0.2, 0.25) is 0 Å². The molecule has 0 spiro atoms. The first kappa shape index (κ1) is 8.65. The maximum absolute atomic E-state index is 4.19. The fourth-order valence-electron chi connectivity index (χ4n) is 0.914. The van der Waals surface area contributed by atoms with E-state index in [1.54, 1.807) is 13.3 Å². The van der Waals surface area contributed by atoms with Crippen molar-refractivity contribution in [3.63, 3.8) is 0 Å². The van der Waals surface area contributed by atoms with Crippen molar-refractivity contribution in [2.75, 3.05) is 7.05 Å². The number of dihydropyridines is 1. The molecule has 0 aromatic carbocycles. The van der Waals surface area contributed by atoms with Crippen LogP contribution >= 0.6 is 0 Å². The second kappa shape index (κ2) is 4.44. The van der Waals surface area contributed by atoms with Crippen LogP contribution in [0.1, 0.15) is 6.92 Å². The smallest absolute Gasteiger partial charge is 0.0881 e. The van der Waals surface area contributed by atoms with Crippen LogP contribution in [0.4, 0.5) is 0 Å². The highest BCUT2D eigenvalue weighted by Crippen LogP contribution is 2.05. The van der Waals surface area contributed by atoms with Gasteiger partial charge in [-0.25, -0.2) is 0 Å². The lowest BCUT2D eigenvalue weighted by atomic mass is 10.2. The second-order valence-corrected chi connectivity index (χ2v) is 2.32. The normalized spacial score (nSPS) is 23.2. The zero-order valence-electron chi connectivity index (χ0n) is 7.36. The highest BCUT2D eigenvalue weighted by molar-refractivity contribution is 6.12. The molecule has 0 radical (unpaired) electrons. The molecule has 1 rings (SSSR count).